The number of Topliss-reactive ketones (excluding diaryl/α,β-unsaturated/α-hetero) is 2. The highest BCUT2D eigenvalue weighted by Gasteiger charge is 2.34. The number of ketones is 2. The van der Waals surface area contributed by atoms with E-state index in [0.717, 1.165) is 27.1 Å². The van der Waals surface area contributed by atoms with Crippen LogP contribution in [0.3, 0.4) is 0 Å². The Balaban J connectivity index is 1.22. The molecule has 5 atom stereocenters. The third-order valence-electron chi connectivity index (χ3n) is 11.8. The van der Waals surface area contributed by atoms with E-state index in [-0.39, 0.29) is 57.3 Å². The maximum absolute atomic E-state index is 14.7. The number of amides is 3. The lowest BCUT2D eigenvalue weighted by Crippen LogP contribution is -2.54. The third-order valence-corrected chi connectivity index (χ3v) is 12.7. The number of benzene rings is 5. The van der Waals surface area contributed by atoms with E-state index in [1.807, 2.05) is 109 Å². The second kappa shape index (κ2) is 23.1. The molecule has 8 rings (SSSR count). The van der Waals surface area contributed by atoms with Crippen LogP contribution < -0.4 is 20.7 Å². The summed E-state index contributed by atoms with van der Waals surface area (Å²) in [6.45, 7) is -0.300. The number of carboxylic acids is 1. The maximum atomic E-state index is 14.7. The second-order valence-corrected chi connectivity index (χ2v) is 17.8. The SMILES string of the molecule is O=C1COc2ccc(cc2)C[C@@H](C(=O)N[C@H](Cc2ccccc2)C(=O)O)CC(=O)[C@@H](CCc2ccccc2)NC(=O)[C@H](Cc2ccc(-c3ccccc3)cc2)NC(=O)[C@@H](Cc2cccs2)C1. The van der Waals surface area contributed by atoms with Gasteiger partial charge in [-0.2, -0.15) is 0 Å². The summed E-state index contributed by atoms with van der Waals surface area (Å²) < 4.78 is 5.88. The molecule has 6 aromatic rings. The van der Waals surface area contributed by atoms with Gasteiger partial charge in [-0.3, -0.25) is 24.0 Å². The minimum absolute atomic E-state index is 0.0272. The second-order valence-electron chi connectivity index (χ2n) is 16.7. The third kappa shape index (κ3) is 13.7. The highest BCUT2D eigenvalue weighted by atomic mass is 32.1. The fourth-order valence-electron chi connectivity index (χ4n) is 8.16. The minimum atomic E-state index is -1.27. The average Bonchev–Trinajstić information content (AvgIpc) is 3.85. The van der Waals surface area contributed by atoms with Crippen LogP contribution in [-0.2, 0) is 60.9 Å². The molecule has 2 bridgehead atoms. The predicted molar refractivity (Wildman–Crippen MR) is 254 cm³/mol. The molecule has 338 valence electrons. The van der Waals surface area contributed by atoms with Crippen LogP contribution in [0.2, 0.25) is 0 Å². The van der Waals surface area contributed by atoms with Crippen molar-refractivity contribution in [2.24, 2.45) is 11.8 Å². The number of thiophene rings is 1. The number of aryl methyl sites for hydroxylation is 1. The molecule has 0 unspecified atom stereocenters. The molecule has 0 aliphatic carbocycles. The van der Waals surface area contributed by atoms with E-state index in [0.29, 0.717) is 23.3 Å². The summed E-state index contributed by atoms with van der Waals surface area (Å²) in [6, 6.07) is 43.1. The summed E-state index contributed by atoms with van der Waals surface area (Å²) in [6.07, 6.45) is 0.566. The van der Waals surface area contributed by atoms with Crippen LogP contribution in [0.25, 0.3) is 11.1 Å². The van der Waals surface area contributed by atoms with Crippen LogP contribution in [0, 0.1) is 11.8 Å². The summed E-state index contributed by atoms with van der Waals surface area (Å²) in [7, 11) is 0. The molecule has 3 amide bonds. The van der Waals surface area contributed by atoms with E-state index in [1.54, 1.807) is 48.5 Å². The molecule has 0 radical (unpaired) electrons. The van der Waals surface area contributed by atoms with E-state index in [4.69, 9.17) is 4.74 Å². The first-order valence-corrected chi connectivity index (χ1v) is 23.1. The number of fused-ring (bicyclic) bond motifs is 16. The molecule has 12 heteroatoms. The number of carbonyl (C=O) groups is 6. The van der Waals surface area contributed by atoms with Crippen LogP contribution in [0.4, 0.5) is 0 Å². The van der Waals surface area contributed by atoms with E-state index < -0.39 is 59.4 Å². The van der Waals surface area contributed by atoms with E-state index in [9.17, 15) is 33.9 Å². The van der Waals surface area contributed by atoms with Crippen LogP contribution >= 0.6 is 11.3 Å². The highest BCUT2D eigenvalue weighted by molar-refractivity contribution is 7.09. The molecule has 0 spiro atoms. The molecule has 3 heterocycles. The lowest BCUT2D eigenvalue weighted by Gasteiger charge is -2.26. The smallest absolute Gasteiger partial charge is 0.326 e. The van der Waals surface area contributed by atoms with Gasteiger partial charge in [0.25, 0.3) is 0 Å². The number of carbonyl (C=O) groups excluding carboxylic acids is 5. The van der Waals surface area contributed by atoms with Crippen molar-refractivity contribution in [2.75, 3.05) is 6.61 Å². The number of hydrogen-bond donors (Lipinski definition) is 4. The van der Waals surface area contributed by atoms with Crippen molar-refractivity contribution >= 4 is 46.6 Å². The van der Waals surface area contributed by atoms with Crippen LogP contribution in [-0.4, -0.2) is 65.1 Å². The Bertz CT molecular complexity index is 2550. The van der Waals surface area contributed by atoms with Crippen LogP contribution in [0.1, 0.15) is 46.4 Å². The Labute approximate surface area is 388 Å². The predicted octanol–water partition coefficient (Wildman–Crippen LogP) is 7.40. The molecule has 11 nitrogen and oxygen atoms in total. The van der Waals surface area contributed by atoms with Gasteiger partial charge >= 0.3 is 5.97 Å². The fraction of sp³-hybridized carbons (Fsp3) is 0.259. The van der Waals surface area contributed by atoms with Gasteiger partial charge in [0.2, 0.25) is 17.7 Å². The number of ether oxygens (including phenoxy) is 1. The van der Waals surface area contributed by atoms with Gasteiger partial charge < -0.3 is 25.8 Å². The van der Waals surface area contributed by atoms with Gasteiger partial charge in [-0.15, -0.1) is 11.3 Å². The number of rotatable bonds is 13. The van der Waals surface area contributed by atoms with Gasteiger partial charge in [0, 0.05) is 42.4 Å². The van der Waals surface area contributed by atoms with E-state index in [2.05, 4.69) is 16.0 Å². The van der Waals surface area contributed by atoms with E-state index >= 15 is 0 Å². The topological polar surface area (TPSA) is 168 Å². The van der Waals surface area contributed by atoms with Crippen LogP contribution in [0.5, 0.6) is 5.75 Å². The van der Waals surface area contributed by atoms with Crippen molar-refractivity contribution < 1.29 is 38.6 Å². The number of nitrogens with one attached hydrogen (secondary N) is 3. The first kappa shape index (κ1) is 46.8. The lowest BCUT2D eigenvalue weighted by molar-refractivity contribution is -0.142. The van der Waals surface area contributed by atoms with Crippen molar-refractivity contribution in [3.63, 3.8) is 0 Å². The minimum Gasteiger partial charge on any atom is -0.486 e. The molecule has 1 aromatic heterocycles. The van der Waals surface area contributed by atoms with Gasteiger partial charge in [0.05, 0.1) is 6.04 Å². The summed E-state index contributed by atoms with van der Waals surface area (Å²) in [4.78, 5) is 85.0. The zero-order valence-electron chi connectivity index (χ0n) is 36.5. The summed E-state index contributed by atoms with van der Waals surface area (Å²) in [5.74, 6) is -5.14. The van der Waals surface area contributed by atoms with Gasteiger partial charge in [0.1, 0.15) is 24.4 Å². The molecular formula is C54H53N3O8S. The molecule has 2 aliphatic rings. The molecule has 0 saturated heterocycles. The van der Waals surface area contributed by atoms with Crippen molar-refractivity contribution in [3.8, 4) is 16.9 Å². The molecule has 66 heavy (non-hydrogen) atoms. The Morgan fingerprint density at radius 2 is 1.29 bits per heavy atom. The van der Waals surface area contributed by atoms with Gasteiger partial charge in [-0.1, -0.05) is 133 Å². The van der Waals surface area contributed by atoms with Crippen molar-refractivity contribution in [1.82, 2.24) is 16.0 Å². The van der Waals surface area contributed by atoms with Crippen molar-refractivity contribution in [1.29, 1.82) is 0 Å². The zero-order valence-corrected chi connectivity index (χ0v) is 37.3. The molecule has 0 fully saturated rings. The number of hydrogen-bond acceptors (Lipinski definition) is 8. The summed E-state index contributed by atoms with van der Waals surface area (Å²) in [5.41, 5.74) is 5.06. The van der Waals surface area contributed by atoms with E-state index in [1.165, 1.54) is 11.3 Å². The molecular weight excluding hydrogens is 851 g/mol. The number of aliphatic carboxylic acids is 1. The Hall–Kier alpha value is -7.18. The highest BCUT2D eigenvalue weighted by Crippen LogP contribution is 2.24. The average molecular weight is 904 g/mol. The lowest BCUT2D eigenvalue weighted by atomic mass is 9.89. The number of carboxylic acid groups (broad SMARTS) is 1. The largest absolute Gasteiger partial charge is 0.486 e. The molecule has 2 aliphatic heterocycles. The monoisotopic (exact) mass is 903 g/mol. The quantitative estimate of drug-likeness (QED) is 0.0931. The standard InChI is InChI=1S/C54H53N3O8S/c58-44-32-43(33-46-17-10-28-66-46)52(61)56-48(30-39-18-23-41(24-19-39)40-15-8-3-9-16-40)53(62)55-47(27-22-36-11-4-1-5-12-36)50(59)34-42(29-38-20-25-45(26-21-38)65-35-44)51(60)57-49(54(63)64)31-37-13-6-2-7-14-37/h1-21,23-26,28,42-43,47-49H,22,27,29-35H2,(H,55,62)(H,56,61)(H,57,60)(H,63,64)/t42-,43-,47-,48+,49-/m1/s1. The van der Waals surface area contributed by atoms with Gasteiger partial charge in [0.15, 0.2) is 11.6 Å². The Morgan fingerprint density at radius 1 is 0.652 bits per heavy atom. The Morgan fingerprint density at radius 3 is 1.94 bits per heavy atom. The maximum Gasteiger partial charge on any atom is 0.326 e. The van der Waals surface area contributed by atoms with Crippen molar-refractivity contribution in [2.45, 2.75) is 69.5 Å². The van der Waals surface area contributed by atoms with Gasteiger partial charge in [-0.05, 0) is 82.6 Å². The normalized spacial score (nSPS) is 19.0. The van der Waals surface area contributed by atoms with Crippen LogP contribution in [0.15, 0.2) is 157 Å². The van der Waals surface area contributed by atoms with Gasteiger partial charge in [-0.25, -0.2) is 4.79 Å². The Kier molecular flexibility index (Phi) is 16.4. The molecule has 5 aromatic carbocycles. The first-order chi connectivity index (χ1) is 32.1. The summed E-state index contributed by atoms with van der Waals surface area (Å²) >= 11 is 1.47. The van der Waals surface area contributed by atoms with Crippen molar-refractivity contribution in [3.05, 3.63) is 184 Å². The first-order valence-electron chi connectivity index (χ1n) is 22.2. The summed E-state index contributed by atoms with van der Waals surface area (Å²) in [5, 5.41) is 20.7. The fourth-order valence-corrected chi connectivity index (χ4v) is 8.94. The molecule has 4 N–H and O–H groups in total. The molecule has 0 saturated carbocycles. The zero-order chi connectivity index (χ0) is 46.3.